The number of nitrogen functional groups attached to an aromatic ring is 1. The molecule has 2 aromatic carbocycles. The van der Waals surface area contributed by atoms with E-state index in [0.29, 0.717) is 22.6 Å². The van der Waals surface area contributed by atoms with Gasteiger partial charge in [0.25, 0.3) is 0 Å². The molecule has 1 unspecified atom stereocenters. The van der Waals surface area contributed by atoms with Gasteiger partial charge in [-0.1, -0.05) is 13.0 Å². The second-order valence-corrected chi connectivity index (χ2v) is 5.89. The number of methoxy groups -OCH3 is 1. The lowest BCUT2D eigenvalue weighted by Gasteiger charge is -2.22. The fourth-order valence-electron chi connectivity index (χ4n) is 2.62. The van der Waals surface area contributed by atoms with Gasteiger partial charge >= 0.3 is 5.97 Å². The molecule has 144 valence electrons. The molecular formula is C20H25N3O4. The Labute approximate surface area is 158 Å². The Kier molecular flexibility index (Phi) is 7.19. The summed E-state index contributed by atoms with van der Waals surface area (Å²) < 4.78 is 10.6. The zero-order valence-electron chi connectivity index (χ0n) is 15.5. The van der Waals surface area contributed by atoms with Crippen LogP contribution in [0.4, 0.5) is 5.69 Å². The summed E-state index contributed by atoms with van der Waals surface area (Å²) in [4.78, 5) is 12.5. The fourth-order valence-corrected chi connectivity index (χ4v) is 2.62. The predicted octanol–water partition coefficient (Wildman–Crippen LogP) is 2.23. The lowest BCUT2D eigenvalue weighted by atomic mass is 10.0. The average Bonchev–Trinajstić information content (AvgIpc) is 2.70. The lowest BCUT2D eigenvalue weighted by molar-refractivity contribution is -0.141. The largest absolute Gasteiger partial charge is 0.491 e. The monoisotopic (exact) mass is 371 g/mol. The van der Waals surface area contributed by atoms with Gasteiger partial charge in [0.2, 0.25) is 0 Å². The van der Waals surface area contributed by atoms with Crippen LogP contribution in [0.3, 0.4) is 0 Å². The molecule has 0 heterocycles. The Hall–Kier alpha value is -3.06. The molecule has 0 aliphatic heterocycles. The molecule has 0 aliphatic rings. The van der Waals surface area contributed by atoms with Gasteiger partial charge < -0.3 is 25.6 Å². The summed E-state index contributed by atoms with van der Waals surface area (Å²) in [5.41, 5.74) is 8.42. The van der Waals surface area contributed by atoms with Gasteiger partial charge in [0.05, 0.1) is 13.7 Å². The molecule has 7 nitrogen and oxygen atoms in total. The smallest absolute Gasteiger partial charge is 0.333 e. The number of rotatable bonds is 9. The number of aliphatic hydroxyl groups excluding tert-OH is 1. The molecule has 0 saturated heterocycles. The van der Waals surface area contributed by atoms with E-state index in [-0.39, 0.29) is 19.0 Å². The average molecular weight is 371 g/mol. The number of nitrogens with one attached hydrogen (secondary N) is 2. The van der Waals surface area contributed by atoms with E-state index in [4.69, 9.17) is 25.7 Å². The van der Waals surface area contributed by atoms with Crippen LogP contribution in [0, 0.1) is 5.41 Å². The molecule has 0 saturated carbocycles. The van der Waals surface area contributed by atoms with Crippen molar-refractivity contribution in [3.05, 3.63) is 59.2 Å². The SMILES string of the molecule is CCc1ccc(OCCO)c(C(Nc2ccc(C(=N)N)cc2)C(=O)OC)c1. The highest BCUT2D eigenvalue weighted by molar-refractivity contribution is 5.95. The summed E-state index contributed by atoms with van der Waals surface area (Å²) >= 11 is 0. The van der Waals surface area contributed by atoms with Crippen molar-refractivity contribution in [2.45, 2.75) is 19.4 Å². The lowest BCUT2D eigenvalue weighted by Crippen LogP contribution is -2.23. The Morgan fingerprint density at radius 3 is 2.52 bits per heavy atom. The van der Waals surface area contributed by atoms with Gasteiger partial charge in [-0.15, -0.1) is 0 Å². The first kappa shape index (κ1) is 20.3. The first-order valence-corrected chi connectivity index (χ1v) is 8.65. The van der Waals surface area contributed by atoms with E-state index < -0.39 is 12.0 Å². The molecule has 0 aliphatic carbocycles. The van der Waals surface area contributed by atoms with Crippen molar-refractivity contribution in [1.82, 2.24) is 0 Å². The first-order valence-electron chi connectivity index (χ1n) is 8.65. The highest BCUT2D eigenvalue weighted by Gasteiger charge is 2.25. The van der Waals surface area contributed by atoms with Crippen LogP contribution < -0.4 is 15.8 Å². The standard InChI is InChI=1S/C20H25N3O4/c1-3-13-4-9-17(27-11-10-24)16(12-13)18(20(25)26-2)23-15-7-5-14(6-8-15)19(21)22/h4-9,12,18,23-24H,3,10-11H2,1-2H3,(H3,21,22). The van der Waals surface area contributed by atoms with Crippen LogP contribution in [0.5, 0.6) is 5.75 Å². The molecule has 0 radical (unpaired) electrons. The van der Waals surface area contributed by atoms with Gasteiger partial charge in [-0.25, -0.2) is 4.79 Å². The molecule has 2 rings (SSSR count). The molecule has 0 fully saturated rings. The number of amidine groups is 1. The Morgan fingerprint density at radius 1 is 1.26 bits per heavy atom. The minimum absolute atomic E-state index is 0.0265. The van der Waals surface area contributed by atoms with Gasteiger partial charge in [0.15, 0.2) is 6.04 Å². The molecular weight excluding hydrogens is 346 g/mol. The zero-order chi connectivity index (χ0) is 19.8. The van der Waals surface area contributed by atoms with Crippen LogP contribution in [-0.2, 0) is 16.0 Å². The van der Waals surface area contributed by atoms with E-state index in [0.717, 1.165) is 12.0 Å². The van der Waals surface area contributed by atoms with Gasteiger partial charge in [-0.3, -0.25) is 5.41 Å². The van der Waals surface area contributed by atoms with Crippen molar-refractivity contribution in [1.29, 1.82) is 5.41 Å². The number of aliphatic hydroxyl groups is 1. The van der Waals surface area contributed by atoms with Crippen LogP contribution in [0.1, 0.15) is 29.7 Å². The maximum absolute atomic E-state index is 12.5. The third kappa shape index (κ3) is 5.21. The zero-order valence-corrected chi connectivity index (χ0v) is 15.5. The van der Waals surface area contributed by atoms with Gasteiger partial charge in [0, 0.05) is 16.8 Å². The summed E-state index contributed by atoms with van der Waals surface area (Å²) in [5, 5.41) is 19.7. The quantitative estimate of drug-likeness (QED) is 0.305. The molecule has 5 N–H and O–H groups in total. The number of esters is 1. The molecule has 0 bridgehead atoms. The van der Waals surface area contributed by atoms with Gasteiger partial charge in [-0.05, 0) is 48.4 Å². The molecule has 1 atom stereocenters. The van der Waals surface area contributed by atoms with E-state index in [1.165, 1.54) is 7.11 Å². The Morgan fingerprint density at radius 2 is 1.96 bits per heavy atom. The number of carbonyl (C=O) groups is 1. The van der Waals surface area contributed by atoms with Crippen LogP contribution in [0.25, 0.3) is 0 Å². The van der Waals surface area contributed by atoms with Crippen LogP contribution in [0.15, 0.2) is 42.5 Å². The van der Waals surface area contributed by atoms with E-state index in [1.54, 1.807) is 30.3 Å². The number of aryl methyl sites for hydroxylation is 1. The van der Waals surface area contributed by atoms with E-state index in [1.807, 2.05) is 19.1 Å². The molecule has 0 spiro atoms. The third-order valence-electron chi connectivity index (χ3n) is 4.09. The van der Waals surface area contributed by atoms with Crippen molar-refractivity contribution < 1.29 is 19.4 Å². The van der Waals surface area contributed by atoms with Crippen molar-refractivity contribution in [2.24, 2.45) is 5.73 Å². The highest BCUT2D eigenvalue weighted by atomic mass is 16.5. The maximum Gasteiger partial charge on any atom is 0.333 e. The van der Waals surface area contributed by atoms with Crippen LogP contribution in [0.2, 0.25) is 0 Å². The minimum atomic E-state index is -0.793. The van der Waals surface area contributed by atoms with Crippen molar-refractivity contribution in [3.63, 3.8) is 0 Å². The number of ether oxygens (including phenoxy) is 2. The van der Waals surface area contributed by atoms with E-state index in [2.05, 4.69) is 5.32 Å². The number of hydrogen-bond acceptors (Lipinski definition) is 6. The molecule has 0 amide bonds. The molecule has 2 aromatic rings. The summed E-state index contributed by atoms with van der Waals surface area (Å²) in [6, 6.07) is 11.7. The predicted molar refractivity (Wildman–Crippen MR) is 104 cm³/mol. The Balaban J connectivity index is 2.40. The normalized spacial score (nSPS) is 11.5. The van der Waals surface area contributed by atoms with E-state index in [9.17, 15) is 4.79 Å². The second kappa shape index (κ2) is 9.59. The Bertz CT molecular complexity index is 790. The number of anilines is 1. The summed E-state index contributed by atoms with van der Waals surface area (Å²) in [6.45, 7) is 2.02. The maximum atomic E-state index is 12.5. The first-order chi connectivity index (χ1) is 13.0. The fraction of sp³-hybridized carbons (Fsp3) is 0.300. The summed E-state index contributed by atoms with van der Waals surface area (Å²) in [6.07, 6.45) is 0.800. The molecule has 7 heteroatoms. The van der Waals surface area contributed by atoms with Crippen molar-refractivity contribution in [3.8, 4) is 5.75 Å². The van der Waals surface area contributed by atoms with Crippen molar-refractivity contribution >= 4 is 17.5 Å². The number of benzene rings is 2. The van der Waals surface area contributed by atoms with Gasteiger partial charge in [-0.2, -0.15) is 0 Å². The second-order valence-electron chi connectivity index (χ2n) is 5.89. The van der Waals surface area contributed by atoms with Crippen molar-refractivity contribution in [2.75, 3.05) is 25.6 Å². The number of hydrogen-bond donors (Lipinski definition) is 4. The summed E-state index contributed by atoms with van der Waals surface area (Å²) in [5.74, 6) is 0.0126. The number of nitrogens with two attached hydrogens (primary N) is 1. The molecule has 27 heavy (non-hydrogen) atoms. The minimum Gasteiger partial charge on any atom is -0.491 e. The number of carbonyl (C=O) groups excluding carboxylic acids is 1. The third-order valence-corrected chi connectivity index (χ3v) is 4.09. The molecule has 0 aromatic heterocycles. The van der Waals surface area contributed by atoms with Crippen LogP contribution >= 0.6 is 0 Å². The van der Waals surface area contributed by atoms with Crippen LogP contribution in [-0.4, -0.2) is 37.2 Å². The highest BCUT2D eigenvalue weighted by Crippen LogP contribution is 2.30. The van der Waals surface area contributed by atoms with Gasteiger partial charge in [0.1, 0.15) is 18.2 Å². The topological polar surface area (TPSA) is 118 Å². The summed E-state index contributed by atoms with van der Waals surface area (Å²) in [7, 11) is 1.33. The van der Waals surface area contributed by atoms with E-state index >= 15 is 0 Å².